The van der Waals surface area contributed by atoms with Crippen LogP contribution < -0.4 is 5.73 Å². The summed E-state index contributed by atoms with van der Waals surface area (Å²) in [6, 6.07) is 5.47. The number of alkyl halides is 1. The van der Waals surface area contributed by atoms with Gasteiger partial charge in [0, 0.05) is 24.7 Å². The van der Waals surface area contributed by atoms with Gasteiger partial charge in [0.25, 0.3) is 0 Å². The summed E-state index contributed by atoms with van der Waals surface area (Å²) in [5.41, 5.74) is 5.28. The predicted molar refractivity (Wildman–Crippen MR) is 85.5 cm³/mol. The molecule has 2 aliphatic rings. The highest BCUT2D eigenvalue weighted by Crippen LogP contribution is 2.43. The molecule has 2 N–H and O–H groups in total. The van der Waals surface area contributed by atoms with Crippen LogP contribution in [0.15, 0.2) is 12.1 Å². The Labute approximate surface area is 135 Å². The van der Waals surface area contributed by atoms with Crippen molar-refractivity contribution in [1.82, 2.24) is 9.80 Å². The quantitative estimate of drug-likeness (QED) is 0.849. The summed E-state index contributed by atoms with van der Waals surface area (Å²) in [4.78, 5) is 4.48. The fourth-order valence-corrected chi connectivity index (χ4v) is 3.70. The molecule has 3 rings (SSSR count). The second-order valence-corrected chi connectivity index (χ2v) is 6.82. The van der Waals surface area contributed by atoms with Crippen molar-refractivity contribution in [3.63, 3.8) is 0 Å². The Morgan fingerprint density at radius 2 is 2.00 bits per heavy atom. The van der Waals surface area contributed by atoms with Crippen LogP contribution in [0.3, 0.4) is 0 Å². The topological polar surface area (TPSA) is 56.3 Å². The highest BCUT2D eigenvalue weighted by Gasteiger charge is 2.49. The van der Waals surface area contributed by atoms with Crippen LogP contribution in [0.1, 0.15) is 24.0 Å². The fraction of sp³-hybridized carbons (Fsp3) is 0.562. The first kappa shape index (κ1) is 15.5. The van der Waals surface area contributed by atoms with E-state index in [2.05, 4.69) is 16.8 Å². The lowest BCUT2D eigenvalue weighted by Gasteiger charge is -2.50. The molecular weight excluding hydrogens is 303 g/mol. The minimum Gasteiger partial charge on any atom is -0.397 e. The maximum Gasteiger partial charge on any atom is 0.162 e. The standard InChI is InChI=1S/C16H20ClFN4/c1-21-4-2-12(3-5-21)22-9-16(18,10-22)13-6-11(8-19)7-14(20)15(13)17/h6-7,12H,2-5,9-10,20H2,1H3. The predicted octanol–water partition coefficient (Wildman–Crippen LogP) is 2.37. The smallest absolute Gasteiger partial charge is 0.162 e. The first-order chi connectivity index (χ1) is 10.4. The highest BCUT2D eigenvalue weighted by atomic mass is 35.5. The Kier molecular flexibility index (Phi) is 4.02. The van der Waals surface area contributed by atoms with Gasteiger partial charge in [-0.2, -0.15) is 5.26 Å². The van der Waals surface area contributed by atoms with Crippen LogP contribution in [0.25, 0.3) is 0 Å². The number of nitrogens with zero attached hydrogens (tertiary/aromatic N) is 3. The van der Waals surface area contributed by atoms with Gasteiger partial charge in [-0.25, -0.2) is 4.39 Å². The van der Waals surface area contributed by atoms with Crippen molar-refractivity contribution in [2.75, 3.05) is 39.0 Å². The number of nitriles is 1. The Hall–Kier alpha value is -1.35. The van der Waals surface area contributed by atoms with E-state index in [1.165, 1.54) is 12.1 Å². The Bertz CT molecular complexity index is 613. The zero-order valence-corrected chi connectivity index (χ0v) is 13.4. The van der Waals surface area contributed by atoms with Crippen molar-refractivity contribution >= 4 is 17.3 Å². The van der Waals surface area contributed by atoms with Gasteiger partial charge in [0.2, 0.25) is 0 Å². The highest BCUT2D eigenvalue weighted by molar-refractivity contribution is 6.34. The maximum absolute atomic E-state index is 15.2. The number of nitrogen functional groups attached to an aromatic ring is 1. The van der Waals surface area contributed by atoms with Crippen LogP contribution in [0.5, 0.6) is 0 Å². The lowest BCUT2D eigenvalue weighted by molar-refractivity contribution is -0.0728. The van der Waals surface area contributed by atoms with Crippen LogP contribution >= 0.6 is 11.6 Å². The van der Waals surface area contributed by atoms with E-state index >= 15 is 4.39 Å². The first-order valence-corrected chi connectivity index (χ1v) is 7.92. The minimum atomic E-state index is -1.50. The lowest BCUT2D eigenvalue weighted by atomic mass is 9.84. The molecule has 22 heavy (non-hydrogen) atoms. The third kappa shape index (κ3) is 2.67. The van der Waals surface area contributed by atoms with Gasteiger partial charge in [-0.15, -0.1) is 0 Å². The van der Waals surface area contributed by atoms with Crippen molar-refractivity contribution in [1.29, 1.82) is 5.26 Å². The SMILES string of the molecule is CN1CCC(N2CC(F)(c3cc(C#N)cc(N)c3Cl)C2)CC1. The van der Waals surface area contributed by atoms with Crippen molar-refractivity contribution in [2.45, 2.75) is 24.6 Å². The van der Waals surface area contributed by atoms with Crippen molar-refractivity contribution in [2.24, 2.45) is 0 Å². The zero-order valence-electron chi connectivity index (χ0n) is 12.6. The summed E-state index contributed by atoms with van der Waals surface area (Å²) in [5, 5.41) is 9.27. The Balaban J connectivity index is 1.75. The molecule has 6 heteroatoms. The molecule has 1 aromatic carbocycles. The van der Waals surface area contributed by atoms with Gasteiger partial charge >= 0.3 is 0 Å². The summed E-state index contributed by atoms with van der Waals surface area (Å²) in [6.07, 6.45) is 2.14. The molecule has 0 spiro atoms. The zero-order chi connectivity index (χ0) is 15.9. The van der Waals surface area contributed by atoms with Crippen molar-refractivity contribution in [3.05, 3.63) is 28.3 Å². The second kappa shape index (κ2) is 5.69. The molecule has 0 radical (unpaired) electrons. The fourth-order valence-electron chi connectivity index (χ4n) is 3.42. The molecule has 1 aromatic rings. The number of nitrogens with two attached hydrogens (primary N) is 1. The molecule has 118 valence electrons. The molecule has 0 unspecified atom stereocenters. The van der Waals surface area contributed by atoms with Gasteiger partial charge in [-0.3, -0.25) is 4.90 Å². The molecule has 0 aromatic heterocycles. The van der Waals surface area contributed by atoms with Gasteiger partial charge < -0.3 is 10.6 Å². The van der Waals surface area contributed by atoms with E-state index in [1.807, 2.05) is 6.07 Å². The summed E-state index contributed by atoms with van der Waals surface area (Å²) >= 11 is 6.17. The average molecular weight is 323 g/mol. The molecule has 0 amide bonds. The monoisotopic (exact) mass is 322 g/mol. The molecular formula is C16H20ClFN4. The van der Waals surface area contributed by atoms with Crippen molar-refractivity contribution in [3.8, 4) is 6.07 Å². The Morgan fingerprint density at radius 1 is 1.36 bits per heavy atom. The third-order valence-electron chi connectivity index (χ3n) is 4.82. The Morgan fingerprint density at radius 3 is 2.59 bits per heavy atom. The van der Waals surface area contributed by atoms with Gasteiger partial charge in [0.05, 0.1) is 22.3 Å². The first-order valence-electron chi connectivity index (χ1n) is 7.54. The third-order valence-corrected chi connectivity index (χ3v) is 5.25. The number of hydrogen-bond acceptors (Lipinski definition) is 4. The van der Waals surface area contributed by atoms with Crippen LogP contribution in [-0.2, 0) is 5.67 Å². The number of anilines is 1. The molecule has 0 aliphatic carbocycles. The van der Waals surface area contributed by atoms with E-state index in [9.17, 15) is 0 Å². The van der Waals surface area contributed by atoms with Gasteiger partial charge in [-0.05, 0) is 45.1 Å². The van der Waals surface area contributed by atoms with Crippen molar-refractivity contribution < 1.29 is 4.39 Å². The maximum atomic E-state index is 15.2. The van der Waals surface area contributed by atoms with Gasteiger partial charge in [0.15, 0.2) is 5.67 Å². The summed E-state index contributed by atoms with van der Waals surface area (Å²) < 4.78 is 15.2. The molecule has 0 atom stereocenters. The molecule has 2 fully saturated rings. The van der Waals surface area contributed by atoms with Gasteiger partial charge in [0.1, 0.15) is 0 Å². The molecule has 4 nitrogen and oxygen atoms in total. The number of piperidine rings is 1. The van der Waals surface area contributed by atoms with Gasteiger partial charge in [-0.1, -0.05) is 11.6 Å². The number of halogens is 2. The number of rotatable bonds is 2. The normalized spacial score (nSPS) is 23.0. The minimum absolute atomic E-state index is 0.240. The second-order valence-electron chi connectivity index (χ2n) is 6.44. The largest absolute Gasteiger partial charge is 0.397 e. The average Bonchev–Trinajstić information content (AvgIpc) is 2.47. The number of likely N-dealkylation sites (tertiary alicyclic amines) is 2. The van der Waals surface area contributed by atoms with E-state index in [1.54, 1.807) is 0 Å². The summed E-state index contributed by atoms with van der Waals surface area (Å²) in [5.74, 6) is 0. The van der Waals surface area contributed by atoms with E-state index in [-0.39, 0.29) is 10.7 Å². The van der Waals surface area contributed by atoms with E-state index in [4.69, 9.17) is 22.6 Å². The molecule has 2 heterocycles. The van der Waals surface area contributed by atoms with E-state index in [0.717, 1.165) is 25.9 Å². The number of hydrogen-bond donors (Lipinski definition) is 1. The lowest BCUT2D eigenvalue weighted by Crippen LogP contribution is -2.61. The molecule has 0 bridgehead atoms. The van der Waals surface area contributed by atoms with E-state index < -0.39 is 5.67 Å². The molecule has 0 saturated carbocycles. The van der Waals surface area contributed by atoms with Crippen LogP contribution in [0.4, 0.5) is 10.1 Å². The summed E-state index contributed by atoms with van der Waals surface area (Å²) in [6.45, 7) is 2.76. The molecule has 2 aliphatic heterocycles. The number of benzene rings is 1. The van der Waals surface area contributed by atoms with Crippen LogP contribution in [-0.4, -0.2) is 49.1 Å². The van der Waals surface area contributed by atoms with Crippen LogP contribution in [0, 0.1) is 11.3 Å². The van der Waals surface area contributed by atoms with E-state index in [0.29, 0.717) is 30.3 Å². The van der Waals surface area contributed by atoms with Crippen LogP contribution in [0.2, 0.25) is 5.02 Å². The summed E-state index contributed by atoms with van der Waals surface area (Å²) in [7, 11) is 2.11. The molecule has 2 saturated heterocycles.